The predicted octanol–water partition coefficient (Wildman–Crippen LogP) is 6.23. The molecule has 9 rings (SSSR count). The quantitative estimate of drug-likeness (QED) is 0.0117. The van der Waals surface area contributed by atoms with E-state index in [1.807, 2.05) is 0 Å². The second-order valence-corrected chi connectivity index (χ2v) is 31.8. The SMILES string of the molecule is Cc1ccc(O)c(C(=O)O)c1.NCCS(=O)(=O)O.NCCS(=O)(=O)O.Nc1ccc(CC(=O)O)cc1.Nc1ccc(O)c(C(=O)O)c1.Nc1ccc(O)c(C(=O)O)c1.O=C(NCCS(=O)(=O)O)Nc1ccc(O)c(C(=O)O)c1.O=C(O)Cc1ccc(NC(=O)Nc2ccc(O)c(C(=O)O)c2)cc1.O=C(O)Cc1ccc(NC(=O)O)cc1.O=C(O)c1cc(N=NCCS(=O)(=O)O)ccc1O. The molecule has 52 nitrogen and oxygen atoms in total. The Morgan fingerprint density at radius 3 is 0.896 bits per heavy atom. The highest BCUT2D eigenvalue weighted by Gasteiger charge is 2.18. The van der Waals surface area contributed by atoms with E-state index in [4.69, 9.17) is 113 Å². The summed E-state index contributed by atoms with van der Waals surface area (Å²) < 4.78 is 113. The molecule has 0 aliphatic rings. The zero-order valence-electron chi connectivity index (χ0n) is 69.1. The summed E-state index contributed by atoms with van der Waals surface area (Å²) in [7, 11) is -15.9. The number of nitrogens with one attached hydrogen (secondary N) is 5. The molecule has 0 spiro atoms. The Labute approximate surface area is 758 Å². The van der Waals surface area contributed by atoms with Gasteiger partial charge in [0.25, 0.3) is 40.5 Å². The van der Waals surface area contributed by atoms with Crippen LogP contribution in [-0.4, -0.2) is 255 Å². The molecule has 0 radical (unpaired) electrons. The molecule has 0 fully saturated rings. The smallest absolute Gasteiger partial charge is 0.409 e. The summed E-state index contributed by atoms with van der Waals surface area (Å²) in [6, 6.07) is 40.7. The van der Waals surface area contributed by atoms with Gasteiger partial charge in [0.1, 0.15) is 67.9 Å². The number of nitrogens with zero attached hydrogens (tertiary/aromatic N) is 2. The van der Waals surface area contributed by atoms with Crippen molar-refractivity contribution in [2.45, 2.75) is 26.2 Å². The van der Waals surface area contributed by atoms with Crippen molar-refractivity contribution in [3.8, 4) is 34.5 Å². The van der Waals surface area contributed by atoms with Gasteiger partial charge in [-0.05, 0) is 163 Å². The van der Waals surface area contributed by atoms with E-state index in [9.17, 15) is 107 Å². The van der Waals surface area contributed by atoms with E-state index in [0.29, 0.717) is 39.6 Å². The molecule has 0 atom stereocenters. The number of rotatable bonds is 27. The first-order chi connectivity index (χ1) is 62.0. The van der Waals surface area contributed by atoms with E-state index in [-0.39, 0.29) is 125 Å². The lowest BCUT2D eigenvalue weighted by Crippen LogP contribution is -2.32. The molecule has 0 unspecified atom stereocenters. The van der Waals surface area contributed by atoms with Gasteiger partial charge in [0.05, 0.1) is 54.5 Å². The van der Waals surface area contributed by atoms with Crippen LogP contribution >= 0.6 is 0 Å². The monoisotopic (exact) mass is 1960 g/mol. The maximum atomic E-state index is 11.9. The molecule has 9 aromatic rings. The minimum absolute atomic E-state index is 0.0289. The Kier molecular flexibility index (Phi) is 50.8. The predicted molar refractivity (Wildman–Crippen MR) is 476 cm³/mol. The van der Waals surface area contributed by atoms with Gasteiger partial charge in [-0.25, -0.2) is 43.2 Å². The van der Waals surface area contributed by atoms with E-state index in [0.717, 1.165) is 41.5 Å². The third-order valence-electron chi connectivity index (χ3n) is 14.6. The maximum absolute atomic E-state index is 11.9. The van der Waals surface area contributed by atoms with Crippen molar-refractivity contribution in [1.29, 1.82) is 0 Å². The van der Waals surface area contributed by atoms with Crippen LogP contribution < -0.4 is 55.3 Å². The van der Waals surface area contributed by atoms with Gasteiger partial charge in [0, 0.05) is 59.4 Å². The van der Waals surface area contributed by atoms with Crippen LogP contribution in [0, 0.1) is 6.92 Å². The van der Waals surface area contributed by atoms with E-state index in [1.165, 1.54) is 84.9 Å². The van der Waals surface area contributed by atoms with Crippen molar-refractivity contribution in [2.24, 2.45) is 21.7 Å². The molecule has 0 saturated carbocycles. The summed E-state index contributed by atoms with van der Waals surface area (Å²) >= 11 is 0. The fraction of sp³-hybridized carbons (Fsp3) is 0.154. The number of nitrogen functional groups attached to an aromatic ring is 3. The third kappa shape index (κ3) is 54.5. The van der Waals surface area contributed by atoms with Crippen molar-refractivity contribution in [2.75, 3.05) is 87.7 Å². The second-order valence-electron chi connectivity index (χ2n) is 25.5. The van der Waals surface area contributed by atoms with Gasteiger partial charge in [0.2, 0.25) is 0 Å². The average Bonchev–Trinajstić information content (AvgIpc) is 0.867. The fourth-order valence-corrected chi connectivity index (χ4v) is 9.91. The van der Waals surface area contributed by atoms with Crippen LogP contribution in [0.5, 0.6) is 34.5 Å². The van der Waals surface area contributed by atoms with E-state index in [2.05, 4.69) is 36.8 Å². The number of benzene rings is 9. The minimum Gasteiger partial charge on any atom is -0.507 e. The Morgan fingerprint density at radius 2 is 0.590 bits per heavy atom. The summed E-state index contributed by atoms with van der Waals surface area (Å²) in [4.78, 5) is 128. The number of azo groups is 1. The zero-order valence-corrected chi connectivity index (χ0v) is 72.4. The van der Waals surface area contributed by atoms with Gasteiger partial charge >= 0.3 is 71.9 Å². The molecule has 9 aromatic carbocycles. The number of urea groups is 2. The highest BCUT2D eigenvalue weighted by molar-refractivity contribution is 7.86. The molecular weight excluding hydrogens is 1870 g/mol. The lowest BCUT2D eigenvalue weighted by molar-refractivity contribution is -0.137. The molecule has 35 N–H and O–H groups in total. The summed E-state index contributed by atoms with van der Waals surface area (Å²) in [5, 5.41) is 159. The fourth-order valence-electron chi connectivity index (χ4n) is 8.64. The van der Waals surface area contributed by atoms with Crippen LogP contribution in [0.3, 0.4) is 0 Å². The molecule has 0 heterocycles. The number of aromatic carboxylic acids is 6. The van der Waals surface area contributed by atoms with Gasteiger partial charge in [0.15, 0.2) is 0 Å². The largest absolute Gasteiger partial charge is 0.507 e. The number of aryl methyl sites for hydroxylation is 1. The van der Waals surface area contributed by atoms with Gasteiger partial charge in [-0.3, -0.25) is 37.9 Å². The first-order valence-electron chi connectivity index (χ1n) is 36.3. The van der Waals surface area contributed by atoms with Crippen molar-refractivity contribution in [1.82, 2.24) is 5.32 Å². The normalized spacial score (nSPS) is 10.3. The number of nitrogens with two attached hydrogens (primary N) is 5. The Bertz CT molecular complexity index is 5860. The number of carbonyl (C=O) groups is 12. The average molecular weight is 1960 g/mol. The number of carboxylic acids is 9. The van der Waals surface area contributed by atoms with Crippen LogP contribution in [0.2, 0.25) is 0 Å². The van der Waals surface area contributed by atoms with Gasteiger partial charge < -0.3 is 132 Å². The van der Waals surface area contributed by atoms with Crippen molar-refractivity contribution >= 4 is 158 Å². The number of aromatic hydroxyl groups is 6. The van der Waals surface area contributed by atoms with Crippen molar-refractivity contribution < 1.29 is 191 Å². The lowest BCUT2D eigenvalue weighted by atomic mass is 10.1. The maximum Gasteiger partial charge on any atom is 0.409 e. The van der Waals surface area contributed by atoms with E-state index >= 15 is 0 Å². The second kappa shape index (κ2) is 58.0. The van der Waals surface area contributed by atoms with Crippen LogP contribution in [0.15, 0.2) is 192 Å². The number of aliphatic carboxylic acids is 3. The highest BCUT2D eigenvalue weighted by Crippen LogP contribution is 2.27. The van der Waals surface area contributed by atoms with Crippen LogP contribution in [-0.2, 0) is 74.1 Å². The molecule has 726 valence electrons. The number of carboxylic acid groups (broad SMARTS) is 10. The molecule has 134 heavy (non-hydrogen) atoms. The molecule has 0 aromatic heterocycles. The van der Waals surface area contributed by atoms with Gasteiger partial charge in [-0.15, -0.1) is 0 Å². The van der Waals surface area contributed by atoms with E-state index < -0.39 is 141 Å². The first kappa shape index (κ1) is 117. The standard InChI is InChI=1S/C16H14N2O6.C10H12N2O7S.C9H10N2O6S.C9H9NO4.C8H9NO2.C8H8O3.2C7H7NO3.2C2H7NO3S/c19-13-6-5-11(8-12(13)15(22)23)18-16(24)17-10-3-1-9(2-4-10)7-14(20)21;13-8-2-1-6(5-7(8)9(14)15)12-10(16)11-3-4-20(17,18)19;12-8-2-1-6(5-7(8)9(13)14)11-10-3-4-18(15,16)17;11-8(12)5-6-1-3-7(4-2-6)10-9(13)14;9-7-3-1-6(2-4-7)5-8(10)11;1-5-2-3-7(9)6(4-5)8(10)11;2*8-4-1-2-6(9)5(3-4)7(10)11;2*3-1-2-7(4,5)6/h1-6,8,19H,7H2,(H,20,21)(H,22,23)(H2,17,18,24);1-2,5,13H,3-4H2,(H,14,15)(H2,11,12,16)(H,17,18,19);1-2,5,12H,3-4H2,(H,13,14)(H,15,16,17);1-4,10H,5H2,(H,11,12)(H,13,14);1-4H,5,9H2,(H,10,11);2-4,9H,1H3,(H,10,11);2*1-3,9H,8H2,(H,10,11);2*1-3H2,(H,4,5,6). The number of anilines is 7. The van der Waals surface area contributed by atoms with E-state index in [1.54, 1.807) is 73.7 Å². The molecule has 0 aliphatic heterocycles. The Balaban J connectivity index is 0.00000150. The number of hydrogen-bond acceptors (Lipinski definition) is 33. The topological polar surface area (TPSA) is 961 Å². The number of carbonyl (C=O) groups excluding carboxylic acids is 2. The summed E-state index contributed by atoms with van der Waals surface area (Å²) in [5.74, 6) is -14.1. The number of phenols is 6. The van der Waals surface area contributed by atoms with Gasteiger partial charge in [-0.1, -0.05) is 48.0 Å². The molecule has 0 aliphatic carbocycles. The summed E-state index contributed by atoms with van der Waals surface area (Å²) in [5.41, 5.74) is 29.5. The third-order valence-corrected chi connectivity index (χ3v) is 17.5. The Morgan fingerprint density at radius 1 is 0.313 bits per heavy atom. The van der Waals surface area contributed by atoms with Crippen LogP contribution in [0.1, 0.15) is 84.4 Å². The zero-order chi connectivity index (χ0) is 103. The lowest BCUT2D eigenvalue weighted by Gasteiger charge is -2.09. The highest BCUT2D eigenvalue weighted by atomic mass is 32.2. The summed E-state index contributed by atoms with van der Waals surface area (Å²) in [6.07, 6.45) is -1.26. The molecule has 56 heteroatoms. The molecule has 0 bridgehead atoms. The van der Waals surface area contributed by atoms with Crippen LogP contribution in [0.4, 0.5) is 59.9 Å². The molecular formula is C78H90N12O40S4. The first-order valence-corrected chi connectivity index (χ1v) is 42.7. The van der Waals surface area contributed by atoms with Crippen molar-refractivity contribution in [3.63, 3.8) is 0 Å². The minimum atomic E-state index is -4.17. The van der Waals surface area contributed by atoms with Crippen LogP contribution in [0.25, 0.3) is 0 Å². The van der Waals surface area contributed by atoms with Gasteiger partial charge in [-0.2, -0.15) is 43.9 Å². The van der Waals surface area contributed by atoms with Crippen molar-refractivity contribution in [3.05, 3.63) is 238 Å². The molecule has 5 amide bonds. The Hall–Kier alpha value is -16.6. The summed E-state index contributed by atoms with van der Waals surface area (Å²) in [6.45, 7) is 1.15. The number of amides is 5. The molecule has 0 saturated heterocycles. The number of hydrogen-bond donors (Lipinski definition) is 30.